The molecule has 504 valence electrons. The molecule has 0 aliphatic heterocycles. The third-order valence-corrected chi connectivity index (χ3v) is 16.9. The number of allylic oxidation sites excluding steroid dienone is 16. The molecule has 9 nitrogen and oxygen atoms in total. The summed E-state index contributed by atoms with van der Waals surface area (Å²) in [6.45, 7) is 3.66. The minimum Gasteiger partial charge on any atom is -0.462 e. The number of rotatable bonds is 69. The first kappa shape index (κ1) is 83.9. The lowest BCUT2D eigenvalue weighted by Crippen LogP contribution is -2.29. The lowest BCUT2D eigenvalue weighted by molar-refractivity contribution is -0.161. The molecule has 10 heteroatoms. The number of esters is 2. The number of carbonyl (C=O) groups excluding carboxylic acids is 2. The Bertz CT molecular complexity index is 1750. The molecule has 0 rings (SSSR count). The van der Waals surface area contributed by atoms with Crippen molar-refractivity contribution in [1.29, 1.82) is 0 Å². The molecule has 0 radical (unpaired) electrons. The van der Waals surface area contributed by atoms with Gasteiger partial charge in [0.15, 0.2) is 6.10 Å². The Labute approximate surface area is 537 Å². The zero-order valence-electron chi connectivity index (χ0n) is 56.7. The number of hydrogen-bond acceptors (Lipinski definition) is 8. The molecule has 0 saturated heterocycles. The van der Waals surface area contributed by atoms with Gasteiger partial charge in [0.2, 0.25) is 0 Å². The highest BCUT2D eigenvalue weighted by Gasteiger charge is 2.26. The highest BCUT2D eigenvalue weighted by atomic mass is 31.2. The van der Waals surface area contributed by atoms with Crippen LogP contribution in [0.2, 0.25) is 0 Å². The third-order valence-electron chi connectivity index (χ3n) is 16.0. The van der Waals surface area contributed by atoms with Crippen LogP contribution in [0.4, 0.5) is 0 Å². The van der Waals surface area contributed by atoms with Gasteiger partial charge in [-0.25, -0.2) is 4.57 Å². The molecule has 0 bridgehead atoms. The van der Waals surface area contributed by atoms with Crippen LogP contribution in [0.25, 0.3) is 0 Å². The zero-order chi connectivity index (χ0) is 63.0. The average Bonchev–Trinajstić information content (AvgIpc) is 3.64. The van der Waals surface area contributed by atoms with Gasteiger partial charge in [-0.05, 0) is 96.3 Å². The normalized spacial score (nSPS) is 13.5. The van der Waals surface area contributed by atoms with E-state index >= 15 is 0 Å². The van der Waals surface area contributed by atoms with E-state index < -0.39 is 26.5 Å². The van der Waals surface area contributed by atoms with Crippen molar-refractivity contribution < 1.29 is 37.6 Å². The SMILES string of the molecule is CC/C=C\C/C=C\C/C=C\C/C=C\C/C=C\CCCCCCCCCCCCCCCCCCCC(=O)OC(COC(=O)CCCCCCCCCCCCCCCCCCCC/C=C\C/C=C\C/C=C\CCCCCCC)COP(=O)(O)OCCN. The van der Waals surface area contributed by atoms with Crippen LogP contribution in [0.15, 0.2) is 97.2 Å². The maximum Gasteiger partial charge on any atom is 0.472 e. The Kier molecular flexibility index (Phi) is 69.5. The van der Waals surface area contributed by atoms with Gasteiger partial charge in [0.25, 0.3) is 0 Å². The number of phosphoric ester groups is 1. The summed E-state index contributed by atoms with van der Waals surface area (Å²) in [6, 6.07) is 0. The van der Waals surface area contributed by atoms with Gasteiger partial charge in [-0.15, -0.1) is 0 Å². The summed E-state index contributed by atoms with van der Waals surface area (Å²) in [5, 5.41) is 0. The summed E-state index contributed by atoms with van der Waals surface area (Å²) in [6.07, 6.45) is 98.0. The van der Waals surface area contributed by atoms with E-state index in [0.29, 0.717) is 6.42 Å². The molecule has 0 aliphatic carbocycles. The third kappa shape index (κ3) is 71.9. The lowest BCUT2D eigenvalue weighted by Gasteiger charge is -2.19. The number of carbonyl (C=O) groups is 2. The highest BCUT2D eigenvalue weighted by molar-refractivity contribution is 7.47. The monoisotopic (exact) mass is 1240 g/mol. The van der Waals surface area contributed by atoms with Gasteiger partial charge >= 0.3 is 19.8 Å². The Morgan fingerprint density at radius 3 is 0.943 bits per heavy atom. The van der Waals surface area contributed by atoms with E-state index in [4.69, 9.17) is 24.3 Å². The molecule has 0 fully saturated rings. The smallest absolute Gasteiger partial charge is 0.462 e. The van der Waals surface area contributed by atoms with Crippen LogP contribution in [-0.2, 0) is 32.7 Å². The molecule has 0 aromatic rings. The summed E-state index contributed by atoms with van der Waals surface area (Å²) >= 11 is 0. The first-order chi connectivity index (χ1) is 42.8. The van der Waals surface area contributed by atoms with Crippen molar-refractivity contribution >= 4 is 19.8 Å². The van der Waals surface area contributed by atoms with Crippen LogP contribution in [0.5, 0.6) is 0 Å². The molecule has 0 aliphatic rings. The molecule has 0 spiro atoms. The van der Waals surface area contributed by atoms with Crippen LogP contribution in [0.3, 0.4) is 0 Å². The van der Waals surface area contributed by atoms with Crippen LogP contribution in [-0.4, -0.2) is 49.3 Å². The summed E-state index contributed by atoms with van der Waals surface area (Å²) in [5.74, 6) is -0.814. The molecule has 0 saturated carbocycles. The minimum absolute atomic E-state index is 0.0522. The van der Waals surface area contributed by atoms with Crippen molar-refractivity contribution in [3.05, 3.63) is 97.2 Å². The maximum atomic E-state index is 12.8. The Hall–Kier alpha value is -3.07. The van der Waals surface area contributed by atoms with Crippen LogP contribution in [0.1, 0.15) is 348 Å². The van der Waals surface area contributed by atoms with Gasteiger partial charge in [-0.2, -0.15) is 0 Å². The predicted octanol–water partition coefficient (Wildman–Crippen LogP) is 24.3. The maximum absolute atomic E-state index is 12.8. The molecular formula is C77H138NO8P. The standard InChI is InChI=1S/C77H138NO8P/c1-3-5-7-9-11-13-15-17-19-21-23-25-27-29-31-33-35-37-39-41-43-45-47-49-51-53-55-57-59-61-63-65-67-69-76(79)83-73-75(74-85-87(81,82)84-72-71-78)86-77(80)70-68-66-64-62-60-58-56-54-52-50-48-46-44-42-40-38-36-34-32-30-28-26-24-22-20-18-16-14-12-10-8-6-4-2/h6,8,12,14-15,17-18,20-21,23-24,26-27,29-30,32,75H,3-5,7,9-11,13,16,19,22,25,28,31,33-74,78H2,1-2H3,(H,81,82)/b8-6-,14-12-,17-15-,20-18-,23-21-,26-24-,29-27-,32-30-. The molecule has 2 atom stereocenters. The Morgan fingerprint density at radius 2 is 0.632 bits per heavy atom. The molecule has 0 heterocycles. The quantitative estimate of drug-likeness (QED) is 0.0264. The summed E-state index contributed by atoms with van der Waals surface area (Å²) in [7, 11) is -4.40. The van der Waals surface area contributed by atoms with Gasteiger partial charge in [-0.3, -0.25) is 18.6 Å². The summed E-state index contributed by atoms with van der Waals surface area (Å²) in [5.41, 5.74) is 5.41. The van der Waals surface area contributed by atoms with E-state index in [1.165, 1.54) is 231 Å². The van der Waals surface area contributed by atoms with Gasteiger partial charge in [0.1, 0.15) is 6.61 Å². The van der Waals surface area contributed by atoms with Crippen molar-refractivity contribution in [3.8, 4) is 0 Å². The van der Waals surface area contributed by atoms with E-state index in [0.717, 1.165) is 83.5 Å². The second-order valence-corrected chi connectivity index (χ2v) is 25.9. The second-order valence-electron chi connectivity index (χ2n) is 24.4. The van der Waals surface area contributed by atoms with Crippen molar-refractivity contribution in [2.75, 3.05) is 26.4 Å². The largest absolute Gasteiger partial charge is 0.472 e. The highest BCUT2D eigenvalue weighted by Crippen LogP contribution is 2.43. The topological polar surface area (TPSA) is 134 Å². The molecule has 0 aromatic heterocycles. The number of hydrogen-bond donors (Lipinski definition) is 2. The number of ether oxygens (including phenoxy) is 2. The lowest BCUT2D eigenvalue weighted by atomic mass is 10.0. The second kappa shape index (κ2) is 72.0. The van der Waals surface area contributed by atoms with E-state index in [1.807, 2.05) is 0 Å². The van der Waals surface area contributed by atoms with E-state index in [1.54, 1.807) is 0 Å². The van der Waals surface area contributed by atoms with Crippen LogP contribution >= 0.6 is 7.82 Å². The van der Waals surface area contributed by atoms with Crippen LogP contribution < -0.4 is 5.73 Å². The van der Waals surface area contributed by atoms with Crippen molar-refractivity contribution in [2.24, 2.45) is 5.73 Å². The fourth-order valence-corrected chi connectivity index (χ4v) is 11.3. The Balaban J connectivity index is 3.84. The van der Waals surface area contributed by atoms with E-state index in [2.05, 4.69) is 111 Å². The zero-order valence-corrected chi connectivity index (χ0v) is 57.6. The minimum atomic E-state index is -4.40. The van der Waals surface area contributed by atoms with Gasteiger partial charge in [0.05, 0.1) is 13.2 Å². The molecule has 3 N–H and O–H groups in total. The summed E-state index contributed by atoms with van der Waals surface area (Å²) in [4.78, 5) is 35.4. The number of unbranched alkanes of at least 4 members (excludes halogenated alkanes) is 40. The first-order valence-corrected chi connectivity index (χ1v) is 38.2. The van der Waals surface area contributed by atoms with Crippen LogP contribution in [0, 0.1) is 0 Å². The first-order valence-electron chi connectivity index (χ1n) is 36.7. The molecule has 0 amide bonds. The van der Waals surface area contributed by atoms with Gasteiger partial charge < -0.3 is 20.1 Å². The number of nitrogens with two attached hydrogens (primary N) is 1. The fraction of sp³-hybridized carbons (Fsp3) is 0.766. The van der Waals surface area contributed by atoms with Gasteiger partial charge in [0, 0.05) is 19.4 Å². The average molecular weight is 1240 g/mol. The predicted molar refractivity (Wildman–Crippen MR) is 376 cm³/mol. The van der Waals surface area contributed by atoms with Gasteiger partial charge in [-0.1, -0.05) is 336 Å². The molecule has 0 aromatic carbocycles. The van der Waals surface area contributed by atoms with E-state index in [9.17, 15) is 19.0 Å². The Morgan fingerprint density at radius 1 is 0.356 bits per heavy atom. The molecular weight excluding hydrogens is 1100 g/mol. The van der Waals surface area contributed by atoms with Crippen molar-refractivity contribution in [1.82, 2.24) is 0 Å². The van der Waals surface area contributed by atoms with E-state index in [-0.39, 0.29) is 38.6 Å². The summed E-state index contributed by atoms with van der Waals surface area (Å²) < 4.78 is 33.2. The molecule has 87 heavy (non-hydrogen) atoms. The number of phosphoric acid groups is 1. The fourth-order valence-electron chi connectivity index (χ4n) is 10.6. The van der Waals surface area contributed by atoms with Crippen molar-refractivity contribution in [2.45, 2.75) is 354 Å². The molecule has 2 unspecified atom stereocenters. The van der Waals surface area contributed by atoms with Crippen molar-refractivity contribution in [3.63, 3.8) is 0 Å².